The second-order valence-corrected chi connectivity index (χ2v) is 14.5. The van der Waals surface area contributed by atoms with Crippen molar-refractivity contribution in [3.8, 4) is 17.2 Å². The molecule has 12 N–H and O–H groups in total. The minimum Gasteiger partial charge on any atom is -0.508 e. The molecule has 19 nitrogen and oxygen atoms in total. The van der Waals surface area contributed by atoms with Gasteiger partial charge in [0.1, 0.15) is 53.5 Å². The van der Waals surface area contributed by atoms with Gasteiger partial charge >= 0.3 is 5.97 Å². The summed E-state index contributed by atoms with van der Waals surface area (Å²) in [7, 11) is 0. The lowest BCUT2D eigenvalue weighted by atomic mass is 10.0. The highest BCUT2D eigenvalue weighted by atomic mass is 16.4. The summed E-state index contributed by atoms with van der Waals surface area (Å²) in [5, 5.41) is 66.8. The van der Waals surface area contributed by atoms with E-state index in [1.54, 1.807) is 12.1 Å². The van der Waals surface area contributed by atoms with Crippen LogP contribution in [0.4, 0.5) is 0 Å². The van der Waals surface area contributed by atoms with Gasteiger partial charge in [-0.2, -0.15) is 0 Å². The number of aliphatic carboxylic acids is 1. The smallest absolute Gasteiger partial charge is 0.325 e. The van der Waals surface area contributed by atoms with Gasteiger partial charge in [0.25, 0.3) is 0 Å². The Morgan fingerprint density at radius 3 is 1.28 bits per heavy atom. The lowest BCUT2D eigenvalue weighted by Crippen LogP contribution is -2.61. The minimum absolute atomic E-state index is 0.00832. The third-order valence-corrected chi connectivity index (χ3v) is 9.70. The first-order valence-electron chi connectivity index (χ1n) is 19.3. The maximum absolute atomic E-state index is 14.3. The van der Waals surface area contributed by atoms with E-state index in [0.29, 0.717) is 29.7 Å². The molecule has 3 aromatic rings. The molecule has 1 fully saturated rings. The first-order valence-corrected chi connectivity index (χ1v) is 19.3. The fourth-order valence-corrected chi connectivity index (χ4v) is 6.20. The predicted octanol–water partition coefficient (Wildman–Crippen LogP) is -1.39. The lowest BCUT2D eigenvalue weighted by Gasteiger charge is -2.27. The SMILES string of the molecule is C[C@H](NC(=O)[C@H](C)NC(=O)[C@H](CO)NC(=O)[C@H](Cc1ccc(O)cc1)NC(=O)[C@H](Cc1ccc(O)cc1)NC(=O)[C@H](Cc1ccc(O)cc1)NC(=O)[C@@H]1CCCN1)C(=O)O. The van der Waals surface area contributed by atoms with Crippen molar-refractivity contribution in [3.05, 3.63) is 89.5 Å². The monoisotopic (exact) mass is 833 g/mol. The Balaban J connectivity index is 1.59. The maximum Gasteiger partial charge on any atom is 0.325 e. The van der Waals surface area contributed by atoms with Gasteiger partial charge in [0, 0.05) is 19.3 Å². The normalized spacial score (nSPS) is 16.4. The summed E-state index contributed by atoms with van der Waals surface area (Å²) >= 11 is 0. The number of aromatic hydroxyl groups is 3. The van der Waals surface area contributed by atoms with Crippen molar-refractivity contribution in [1.82, 2.24) is 37.2 Å². The average Bonchev–Trinajstić information content (AvgIpc) is 3.77. The third-order valence-electron chi connectivity index (χ3n) is 9.70. The summed E-state index contributed by atoms with van der Waals surface area (Å²) in [6.45, 7) is 2.16. The van der Waals surface area contributed by atoms with Crippen LogP contribution in [0.15, 0.2) is 72.8 Å². The second kappa shape index (κ2) is 21.9. The number of carbonyl (C=O) groups is 7. The molecular formula is C41H51N7O12. The Kier molecular flexibility index (Phi) is 16.8. The lowest BCUT2D eigenvalue weighted by molar-refractivity contribution is -0.141. The van der Waals surface area contributed by atoms with Crippen molar-refractivity contribution < 1.29 is 59.1 Å². The number of hydrogen-bond acceptors (Lipinski definition) is 12. The van der Waals surface area contributed by atoms with E-state index in [9.17, 15) is 54.0 Å². The molecule has 0 aliphatic carbocycles. The van der Waals surface area contributed by atoms with E-state index in [0.717, 1.165) is 6.42 Å². The number of hydrogen-bond donors (Lipinski definition) is 12. The molecule has 0 aromatic heterocycles. The molecule has 3 aromatic carbocycles. The Hall–Kier alpha value is -6.73. The van der Waals surface area contributed by atoms with E-state index >= 15 is 0 Å². The zero-order valence-corrected chi connectivity index (χ0v) is 33.0. The number of aliphatic hydroxyl groups is 1. The zero-order chi connectivity index (χ0) is 43.9. The molecule has 7 atom stereocenters. The molecular weight excluding hydrogens is 782 g/mol. The maximum atomic E-state index is 14.3. The number of phenols is 3. The highest BCUT2D eigenvalue weighted by molar-refractivity contribution is 5.97. The van der Waals surface area contributed by atoms with Crippen LogP contribution in [0.1, 0.15) is 43.4 Å². The van der Waals surface area contributed by atoms with Crippen molar-refractivity contribution >= 4 is 41.4 Å². The number of phenolic OH excluding ortho intramolecular Hbond substituents is 3. The summed E-state index contributed by atoms with van der Waals surface area (Å²) in [5.41, 5.74) is 1.53. The molecule has 322 valence electrons. The Labute approximate surface area is 345 Å². The van der Waals surface area contributed by atoms with Crippen LogP contribution in [-0.4, -0.2) is 122 Å². The Morgan fingerprint density at radius 1 is 0.550 bits per heavy atom. The average molecular weight is 834 g/mol. The van der Waals surface area contributed by atoms with E-state index in [4.69, 9.17) is 5.11 Å². The number of rotatable bonds is 20. The third kappa shape index (κ3) is 14.0. The molecule has 1 aliphatic rings. The highest BCUT2D eigenvalue weighted by Gasteiger charge is 2.34. The standard InChI is InChI=1S/C41H51N7O12/c1-22(35(53)44-23(2)41(59)60)43-40(58)34(21-49)48-39(57)33(20-26-9-15-29(52)16-10-26)47-38(56)32(19-25-7-13-28(51)14-8-25)46-37(55)31(18-24-5-11-27(50)12-6-24)45-36(54)30-4-3-17-42-30/h5-16,22-23,30-34,42,49-52H,3-4,17-21H2,1-2H3,(H,43,58)(H,44,53)(H,45,54)(H,46,55)(H,47,56)(H,48,57)(H,59,60)/t22-,23-,30-,31-,32-,33-,34-/m0/s1. The number of amides is 6. The largest absolute Gasteiger partial charge is 0.508 e. The second-order valence-electron chi connectivity index (χ2n) is 14.5. The van der Waals surface area contributed by atoms with Crippen LogP contribution in [-0.2, 0) is 52.8 Å². The number of benzene rings is 3. The van der Waals surface area contributed by atoms with Crippen LogP contribution >= 0.6 is 0 Å². The van der Waals surface area contributed by atoms with E-state index < -0.39 is 90.3 Å². The molecule has 0 unspecified atom stereocenters. The fourth-order valence-electron chi connectivity index (χ4n) is 6.20. The van der Waals surface area contributed by atoms with Crippen molar-refractivity contribution in [3.63, 3.8) is 0 Å². The van der Waals surface area contributed by atoms with Crippen LogP contribution in [0.2, 0.25) is 0 Å². The van der Waals surface area contributed by atoms with Crippen molar-refractivity contribution in [2.24, 2.45) is 0 Å². The zero-order valence-electron chi connectivity index (χ0n) is 33.0. The Morgan fingerprint density at radius 2 is 0.917 bits per heavy atom. The van der Waals surface area contributed by atoms with Gasteiger partial charge in [-0.15, -0.1) is 0 Å². The van der Waals surface area contributed by atoms with Crippen molar-refractivity contribution in [2.45, 2.75) is 88.2 Å². The van der Waals surface area contributed by atoms with Crippen LogP contribution in [0.5, 0.6) is 17.2 Å². The first kappa shape index (κ1) is 46.0. The summed E-state index contributed by atoms with van der Waals surface area (Å²) in [5.74, 6) is -6.31. The van der Waals surface area contributed by atoms with Gasteiger partial charge in [0.15, 0.2) is 0 Å². The van der Waals surface area contributed by atoms with Gasteiger partial charge in [-0.05, 0) is 86.3 Å². The quantitative estimate of drug-likeness (QED) is 0.0625. The molecule has 0 saturated carbocycles. The molecule has 4 rings (SSSR count). The fraction of sp³-hybridized carbons (Fsp3) is 0.390. The summed E-state index contributed by atoms with van der Waals surface area (Å²) in [4.78, 5) is 92.2. The summed E-state index contributed by atoms with van der Waals surface area (Å²) in [6, 6.07) is 8.71. The number of aliphatic hydroxyl groups excluding tert-OH is 1. The molecule has 1 heterocycles. The summed E-state index contributed by atoms with van der Waals surface area (Å²) in [6.07, 6.45) is 0.923. The van der Waals surface area contributed by atoms with Gasteiger partial charge in [-0.1, -0.05) is 36.4 Å². The highest BCUT2D eigenvalue weighted by Crippen LogP contribution is 2.16. The van der Waals surface area contributed by atoms with Crippen LogP contribution < -0.4 is 37.2 Å². The molecule has 60 heavy (non-hydrogen) atoms. The first-order chi connectivity index (χ1) is 28.5. The minimum atomic E-state index is -1.64. The van der Waals surface area contributed by atoms with Gasteiger partial charge in [-0.25, -0.2) is 0 Å². The molecule has 19 heteroatoms. The molecule has 0 spiro atoms. The van der Waals surface area contributed by atoms with E-state index in [1.165, 1.54) is 74.5 Å². The van der Waals surface area contributed by atoms with Gasteiger partial charge in [0.2, 0.25) is 35.4 Å². The van der Waals surface area contributed by atoms with Crippen LogP contribution in [0.25, 0.3) is 0 Å². The van der Waals surface area contributed by atoms with E-state index in [2.05, 4.69) is 37.2 Å². The number of carbonyl (C=O) groups excluding carboxylic acids is 6. The molecule has 0 bridgehead atoms. The predicted molar refractivity (Wildman–Crippen MR) is 214 cm³/mol. The van der Waals surface area contributed by atoms with Crippen molar-refractivity contribution in [2.75, 3.05) is 13.2 Å². The molecule has 1 saturated heterocycles. The Bertz CT molecular complexity index is 1970. The van der Waals surface area contributed by atoms with Gasteiger partial charge in [0.05, 0.1) is 12.6 Å². The molecule has 6 amide bonds. The number of carboxylic acid groups (broad SMARTS) is 1. The molecule has 1 aliphatic heterocycles. The number of carboxylic acids is 1. The van der Waals surface area contributed by atoms with Gasteiger partial charge < -0.3 is 62.8 Å². The molecule has 0 radical (unpaired) electrons. The van der Waals surface area contributed by atoms with Crippen molar-refractivity contribution in [1.29, 1.82) is 0 Å². The number of nitrogens with one attached hydrogen (secondary N) is 7. The van der Waals surface area contributed by atoms with Crippen LogP contribution in [0, 0.1) is 0 Å². The van der Waals surface area contributed by atoms with E-state index in [-0.39, 0.29) is 36.5 Å². The summed E-state index contributed by atoms with van der Waals surface area (Å²) < 4.78 is 0. The van der Waals surface area contributed by atoms with E-state index in [1.807, 2.05) is 0 Å². The van der Waals surface area contributed by atoms with Crippen LogP contribution in [0.3, 0.4) is 0 Å². The topological polar surface area (TPSA) is 305 Å². The van der Waals surface area contributed by atoms with Gasteiger partial charge in [-0.3, -0.25) is 33.6 Å².